The molecule has 1 aromatic carbocycles. The van der Waals surface area contributed by atoms with Crippen molar-refractivity contribution >= 4 is 22.6 Å². The van der Waals surface area contributed by atoms with Crippen molar-refractivity contribution < 1.29 is 17.6 Å². The lowest BCUT2D eigenvalue weighted by Crippen LogP contribution is -2.08. The number of alkyl halides is 4. The fourth-order valence-corrected chi connectivity index (χ4v) is 1.58. The summed E-state index contributed by atoms with van der Waals surface area (Å²) in [7, 11) is 0. The van der Waals surface area contributed by atoms with E-state index < -0.39 is 17.6 Å². The van der Waals surface area contributed by atoms with Gasteiger partial charge in [0.25, 0.3) is 0 Å². The van der Waals surface area contributed by atoms with Crippen LogP contribution in [-0.4, -0.2) is 0 Å². The highest BCUT2D eigenvalue weighted by Crippen LogP contribution is 2.33. The van der Waals surface area contributed by atoms with Gasteiger partial charge in [-0.15, -0.1) is 0 Å². The Balaban J connectivity index is 3.22. The first kappa shape index (κ1) is 10.7. The molecule has 1 rings (SSSR count). The Kier molecular flexibility index (Phi) is 3.15. The van der Waals surface area contributed by atoms with Crippen LogP contribution in [0.2, 0.25) is 0 Å². The Hall–Kier alpha value is -0.330. The van der Waals surface area contributed by atoms with Crippen LogP contribution >= 0.6 is 22.6 Å². The first-order valence-electron chi connectivity index (χ1n) is 3.36. The van der Waals surface area contributed by atoms with Crippen molar-refractivity contribution in [3.63, 3.8) is 0 Å². The van der Waals surface area contributed by atoms with Gasteiger partial charge < -0.3 is 0 Å². The van der Waals surface area contributed by atoms with Crippen molar-refractivity contribution in [2.45, 2.75) is 10.6 Å². The van der Waals surface area contributed by atoms with Crippen LogP contribution in [0.1, 0.15) is 11.1 Å². The molecule has 0 unspecified atom stereocenters. The Morgan fingerprint density at radius 3 is 2.31 bits per heavy atom. The highest BCUT2D eigenvalue weighted by atomic mass is 127. The van der Waals surface area contributed by atoms with Crippen molar-refractivity contribution in [3.8, 4) is 0 Å². The van der Waals surface area contributed by atoms with Crippen molar-refractivity contribution in [1.82, 2.24) is 0 Å². The van der Waals surface area contributed by atoms with Crippen LogP contribution in [0.25, 0.3) is 0 Å². The predicted molar refractivity (Wildman–Crippen MR) is 49.1 cm³/mol. The molecule has 0 aliphatic carbocycles. The molecule has 0 saturated heterocycles. The summed E-state index contributed by atoms with van der Waals surface area (Å²) in [6, 6.07) is 2.50. The summed E-state index contributed by atoms with van der Waals surface area (Å²) >= 11 is 1.77. The molecule has 1 aromatic rings. The second kappa shape index (κ2) is 3.81. The molecule has 0 nitrogen and oxygen atoms in total. The van der Waals surface area contributed by atoms with Crippen LogP contribution in [0.4, 0.5) is 17.6 Å². The van der Waals surface area contributed by atoms with Gasteiger partial charge in [-0.05, 0) is 23.8 Å². The first-order valence-corrected chi connectivity index (χ1v) is 4.89. The molecule has 0 fully saturated rings. The fraction of sp³-hybridized carbons (Fsp3) is 0.250. The summed E-state index contributed by atoms with van der Waals surface area (Å²) < 4.78 is 49.4. The quantitative estimate of drug-likeness (QED) is 0.421. The molecule has 0 bridgehead atoms. The fourth-order valence-electron chi connectivity index (χ4n) is 0.949. The van der Waals surface area contributed by atoms with Crippen LogP contribution in [0.5, 0.6) is 0 Å². The zero-order valence-electron chi connectivity index (χ0n) is 6.33. The van der Waals surface area contributed by atoms with Crippen molar-refractivity contribution in [3.05, 3.63) is 35.1 Å². The lowest BCUT2D eigenvalue weighted by atomic mass is 10.1. The molecular weight excluding hydrogens is 299 g/mol. The van der Waals surface area contributed by atoms with E-state index >= 15 is 0 Å². The smallest absolute Gasteiger partial charge is 0.207 e. The van der Waals surface area contributed by atoms with E-state index in [0.717, 1.165) is 18.2 Å². The highest BCUT2D eigenvalue weighted by molar-refractivity contribution is 14.1. The number of hydrogen-bond donors (Lipinski definition) is 0. The van der Waals surface area contributed by atoms with Crippen molar-refractivity contribution in [1.29, 1.82) is 0 Å². The topological polar surface area (TPSA) is 0 Å². The second-order valence-electron chi connectivity index (χ2n) is 2.43. The summed E-state index contributed by atoms with van der Waals surface area (Å²) in [5.74, 6) is -0.639. The van der Waals surface area contributed by atoms with Gasteiger partial charge in [0.05, 0.1) is 5.56 Å². The number of benzene rings is 1. The third-order valence-corrected chi connectivity index (χ3v) is 2.34. The minimum atomic E-state index is -4.39. The van der Waals surface area contributed by atoms with E-state index in [2.05, 4.69) is 0 Å². The zero-order valence-corrected chi connectivity index (χ0v) is 8.49. The Labute approximate surface area is 86.1 Å². The Bertz CT molecular complexity index is 306. The van der Waals surface area contributed by atoms with E-state index in [4.69, 9.17) is 0 Å². The largest absolute Gasteiger partial charge is 0.416 e. The summed E-state index contributed by atoms with van der Waals surface area (Å²) in [6.07, 6.45) is -4.39. The molecule has 0 amide bonds. The lowest BCUT2D eigenvalue weighted by molar-refractivity contribution is -0.138. The molecule has 0 saturated carbocycles. The summed E-state index contributed by atoms with van der Waals surface area (Å²) in [5.41, 5.74) is -0.781. The van der Waals surface area contributed by atoms with E-state index in [-0.39, 0.29) is 9.99 Å². The van der Waals surface area contributed by atoms with Gasteiger partial charge >= 0.3 is 6.18 Å². The molecule has 0 aliphatic heterocycles. The average molecular weight is 304 g/mol. The Morgan fingerprint density at radius 2 is 1.85 bits per heavy atom. The SMILES string of the molecule is Fc1ccc(C(F)(F)F)c(CI)c1. The monoisotopic (exact) mass is 304 g/mol. The maximum atomic E-state index is 12.6. The lowest BCUT2D eigenvalue weighted by Gasteiger charge is -2.10. The summed E-state index contributed by atoms with van der Waals surface area (Å²) in [4.78, 5) is 0. The van der Waals surface area contributed by atoms with Gasteiger partial charge in [-0.25, -0.2) is 4.39 Å². The van der Waals surface area contributed by atoms with Gasteiger partial charge in [0.1, 0.15) is 5.82 Å². The minimum Gasteiger partial charge on any atom is -0.207 e. The van der Waals surface area contributed by atoms with Gasteiger partial charge in [-0.2, -0.15) is 13.2 Å². The highest BCUT2D eigenvalue weighted by Gasteiger charge is 2.32. The van der Waals surface area contributed by atoms with E-state index in [9.17, 15) is 17.6 Å². The number of halogens is 5. The molecule has 0 aromatic heterocycles. The Morgan fingerprint density at radius 1 is 1.23 bits per heavy atom. The molecule has 5 heteroatoms. The average Bonchev–Trinajstić information content (AvgIpc) is 2.01. The number of hydrogen-bond acceptors (Lipinski definition) is 0. The van der Waals surface area contributed by atoms with E-state index in [1.807, 2.05) is 0 Å². The van der Waals surface area contributed by atoms with Crippen LogP contribution < -0.4 is 0 Å². The van der Waals surface area contributed by atoms with E-state index in [0.29, 0.717) is 0 Å². The maximum Gasteiger partial charge on any atom is 0.416 e. The normalized spacial score (nSPS) is 11.8. The first-order chi connectivity index (χ1) is 5.95. The van der Waals surface area contributed by atoms with Gasteiger partial charge in [-0.1, -0.05) is 22.6 Å². The molecule has 0 atom stereocenters. The maximum absolute atomic E-state index is 12.6. The van der Waals surface area contributed by atoms with Gasteiger partial charge in [0, 0.05) is 4.43 Å². The summed E-state index contributed by atoms with van der Waals surface area (Å²) in [6.45, 7) is 0. The minimum absolute atomic E-state index is 0.0203. The molecule has 0 spiro atoms. The zero-order chi connectivity index (χ0) is 10.1. The molecule has 0 radical (unpaired) electrons. The standard InChI is InChI=1S/C8H5F4I/c9-6-1-2-7(8(10,11)12)5(3-6)4-13/h1-3H,4H2. The van der Waals surface area contributed by atoms with Crippen LogP contribution in [-0.2, 0) is 10.6 Å². The van der Waals surface area contributed by atoms with Crippen molar-refractivity contribution in [2.24, 2.45) is 0 Å². The third kappa shape index (κ3) is 2.55. The molecule has 13 heavy (non-hydrogen) atoms. The second-order valence-corrected chi connectivity index (χ2v) is 3.20. The van der Waals surface area contributed by atoms with E-state index in [1.54, 1.807) is 22.6 Å². The van der Waals surface area contributed by atoms with Gasteiger partial charge in [0.15, 0.2) is 0 Å². The van der Waals surface area contributed by atoms with E-state index in [1.165, 1.54) is 0 Å². The molecule has 72 valence electrons. The molecule has 0 heterocycles. The van der Waals surface area contributed by atoms with Crippen LogP contribution in [0, 0.1) is 5.82 Å². The molecule has 0 aliphatic rings. The van der Waals surface area contributed by atoms with Gasteiger partial charge in [-0.3, -0.25) is 0 Å². The van der Waals surface area contributed by atoms with Crippen LogP contribution in [0.3, 0.4) is 0 Å². The van der Waals surface area contributed by atoms with Crippen molar-refractivity contribution in [2.75, 3.05) is 0 Å². The van der Waals surface area contributed by atoms with Crippen LogP contribution in [0.15, 0.2) is 18.2 Å². The number of rotatable bonds is 1. The predicted octanol–water partition coefficient (Wildman–Crippen LogP) is 3.78. The third-order valence-electron chi connectivity index (χ3n) is 1.52. The summed E-state index contributed by atoms with van der Waals surface area (Å²) in [5, 5.41) is 0. The molecule has 0 N–H and O–H groups in total. The molecular formula is C8H5F4I. The van der Waals surface area contributed by atoms with Gasteiger partial charge in [0.2, 0.25) is 0 Å².